The maximum atomic E-state index is 12.3. The van der Waals surface area contributed by atoms with Gasteiger partial charge in [0.1, 0.15) is 0 Å². The minimum absolute atomic E-state index is 0.0532. The molecule has 0 aromatic heterocycles. The van der Waals surface area contributed by atoms with E-state index in [0.29, 0.717) is 5.56 Å². The Morgan fingerprint density at radius 3 is 2.57 bits per heavy atom. The molecule has 0 saturated heterocycles. The predicted octanol–water partition coefficient (Wildman–Crippen LogP) is 4.36. The Morgan fingerprint density at radius 2 is 1.95 bits per heavy atom. The number of carboxylic acid groups (broad SMARTS) is 1. The number of halogens is 2. The zero-order chi connectivity index (χ0) is 15.6. The second kappa shape index (κ2) is 6.28. The minimum Gasteiger partial charge on any atom is -0.478 e. The zero-order valence-corrected chi connectivity index (χ0v) is 13.3. The lowest BCUT2D eigenvalue weighted by atomic mass is 10.1. The summed E-state index contributed by atoms with van der Waals surface area (Å²) in [5, 5.41) is 11.9. The molecule has 0 saturated carbocycles. The van der Waals surface area contributed by atoms with Gasteiger partial charge in [-0.1, -0.05) is 33.6 Å². The Morgan fingerprint density at radius 1 is 1.24 bits per heavy atom. The average Bonchev–Trinajstić information content (AvgIpc) is 2.39. The summed E-state index contributed by atoms with van der Waals surface area (Å²) < 4.78 is 0.769. The average molecular weight is 369 g/mol. The molecule has 0 aliphatic rings. The third-order valence-corrected chi connectivity index (χ3v) is 3.56. The summed E-state index contributed by atoms with van der Waals surface area (Å²) in [6, 6.07) is 9.66. The van der Waals surface area contributed by atoms with Gasteiger partial charge in [0.25, 0.3) is 5.91 Å². The molecule has 4 nitrogen and oxygen atoms in total. The monoisotopic (exact) mass is 367 g/mol. The van der Waals surface area contributed by atoms with Crippen molar-refractivity contribution >= 4 is 45.1 Å². The number of para-hydroxylation sites is 1. The molecule has 0 spiro atoms. The molecule has 2 aromatic carbocycles. The first-order chi connectivity index (χ1) is 9.88. The standard InChI is InChI=1S/C15H11BrClNO3/c1-8-5-9(7-10(16)6-8)14(19)18-13-11(15(20)21)3-2-4-12(13)17/h2-7H,1H3,(H,18,19)(H,20,21). The van der Waals surface area contributed by atoms with Crippen LogP contribution >= 0.6 is 27.5 Å². The van der Waals surface area contributed by atoms with Crippen molar-refractivity contribution in [1.82, 2.24) is 0 Å². The third kappa shape index (κ3) is 3.62. The SMILES string of the molecule is Cc1cc(Br)cc(C(=O)Nc2c(Cl)cccc2C(=O)O)c1. The van der Waals surface area contributed by atoms with Crippen molar-refractivity contribution in [2.24, 2.45) is 0 Å². The van der Waals surface area contributed by atoms with Gasteiger partial charge in [-0.3, -0.25) is 4.79 Å². The second-order valence-electron chi connectivity index (χ2n) is 4.44. The summed E-state index contributed by atoms with van der Waals surface area (Å²) in [5.74, 6) is -1.58. The van der Waals surface area contributed by atoms with E-state index in [1.165, 1.54) is 18.2 Å². The van der Waals surface area contributed by atoms with Gasteiger partial charge in [-0.25, -0.2) is 4.79 Å². The van der Waals surface area contributed by atoms with E-state index in [-0.39, 0.29) is 16.3 Å². The van der Waals surface area contributed by atoms with E-state index in [9.17, 15) is 9.59 Å². The fraction of sp³-hybridized carbons (Fsp3) is 0.0667. The van der Waals surface area contributed by atoms with E-state index in [1.54, 1.807) is 12.1 Å². The van der Waals surface area contributed by atoms with Gasteiger partial charge in [0.15, 0.2) is 0 Å². The summed E-state index contributed by atoms with van der Waals surface area (Å²) in [5.41, 5.74) is 1.36. The van der Waals surface area contributed by atoms with E-state index in [4.69, 9.17) is 16.7 Å². The third-order valence-electron chi connectivity index (χ3n) is 2.79. The predicted molar refractivity (Wildman–Crippen MR) is 85.2 cm³/mol. The smallest absolute Gasteiger partial charge is 0.337 e. The Hall–Kier alpha value is -1.85. The second-order valence-corrected chi connectivity index (χ2v) is 5.76. The first kappa shape index (κ1) is 15.5. The number of carboxylic acids is 1. The van der Waals surface area contributed by atoms with Gasteiger partial charge in [0, 0.05) is 10.0 Å². The first-order valence-electron chi connectivity index (χ1n) is 5.99. The van der Waals surface area contributed by atoms with Crippen LogP contribution in [0.15, 0.2) is 40.9 Å². The molecule has 0 fully saturated rings. The summed E-state index contributed by atoms with van der Waals surface area (Å²) in [6.45, 7) is 1.86. The topological polar surface area (TPSA) is 66.4 Å². The number of benzene rings is 2. The molecule has 1 amide bonds. The number of aryl methyl sites for hydroxylation is 1. The molecule has 0 radical (unpaired) electrons. The van der Waals surface area contributed by atoms with Crippen LogP contribution in [-0.2, 0) is 0 Å². The van der Waals surface area contributed by atoms with Gasteiger partial charge in [-0.05, 0) is 42.8 Å². The normalized spacial score (nSPS) is 10.2. The number of anilines is 1. The summed E-state index contributed by atoms with van der Waals surface area (Å²) in [6.07, 6.45) is 0. The van der Waals surface area contributed by atoms with Crippen molar-refractivity contribution in [1.29, 1.82) is 0 Å². The van der Waals surface area contributed by atoms with E-state index < -0.39 is 11.9 Å². The fourth-order valence-corrected chi connectivity index (χ4v) is 2.71. The molecule has 0 heterocycles. The van der Waals surface area contributed by atoms with Crippen molar-refractivity contribution < 1.29 is 14.7 Å². The highest BCUT2D eigenvalue weighted by Crippen LogP contribution is 2.27. The van der Waals surface area contributed by atoms with Crippen LogP contribution in [0, 0.1) is 6.92 Å². The Labute approximate surface area is 134 Å². The number of carbonyl (C=O) groups is 2. The molecule has 0 aliphatic carbocycles. The largest absolute Gasteiger partial charge is 0.478 e. The number of carbonyl (C=O) groups excluding carboxylic acids is 1. The van der Waals surface area contributed by atoms with Crippen molar-refractivity contribution in [2.45, 2.75) is 6.92 Å². The molecular formula is C15H11BrClNO3. The van der Waals surface area contributed by atoms with Gasteiger partial charge >= 0.3 is 5.97 Å². The number of hydrogen-bond donors (Lipinski definition) is 2. The highest BCUT2D eigenvalue weighted by Gasteiger charge is 2.16. The van der Waals surface area contributed by atoms with Gasteiger partial charge < -0.3 is 10.4 Å². The quantitative estimate of drug-likeness (QED) is 0.846. The summed E-state index contributed by atoms with van der Waals surface area (Å²) in [7, 11) is 0. The van der Waals surface area contributed by atoms with E-state index in [0.717, 1.165) is 10.0 Å². The Balaban J connectivity index is 2.38. The van der Waals surface area contributed by atoms with Gasteiger partial charge in [-0.15, -0.1) is 0 Å². The molecule has 0 atom stereocenters. The first-order valence-corrected chi connectivity index (χ1v) is 7.16. The number of aromatic carboxylic acids is 1. The maximum absolute atomic E-state index is 12.3. The molecule has 6 heteroatoms. The van der Waals surface area contributed by atoms with Crippen LogP contribution in [0.25, 0.3) is 0 Å². The number of hydrogen-bond acceptors (Lipinski definition) is 2. The molecule has 2 N–H and O–H groups in total. The maximum Gasteiger partial charge on any atom is 0.337 e. The molecule has 21 heavy (non-hydrogen) atoms. The Bertz CT molecular complexity index is 711. The van der Waals surface area contributed by atoms with Crippen LogP contribution in [0.3, 0.4) is 0 Å². The lowest BCUT2D eigenvalue weighted by Gasteiger charge is -2.11. The molecule has 0 aliphatic heterocycles. The van der Waals surface area contributed by atoms with Crippen molar-refractivity contribution in [3.8, 4) is 0 Å². The van der Waals surface area contributed by atoms with Crippen molar-refractivity contribution in [2.75, 3.05) is 5.32 Å². The van der Waals surface area contributed by atoms with Gasteiger partial charge in [0.2, 0.25) is 0 Å². The number of amides is 1. The molecular weight excluding hydrogens is 358 g/mol. The van der Waals surface area contributed by atoms with Crippen LogP contribution in [0.5, 0.6) is 0 Å². The van der Waals surface area contributed by atoms with Crippen LogP contribution in [0.2, 0.25) is 5.02 Å². The van der Waals surface area contributed by atoms with Crippen LogP contribution in [0.1, 0.15) is 26.3 Å². The van der Waals surface area contributed by atoms with E-state index in [1.807, 2.05) is 13.0 Å². The fourth-order valence-electron chi connectivity index (χ4n) is 1.88. The molecule has 0 unspecified atom stereocenters. The van der Waals surface area contributed by atoms with Crippen LogP contribution in [0.4, 0.5) is 5.69 Å². The lowest BCUT2D eigenvalue weighted by molar-refractivity contribution is 0.0698. The molecule has 2 rings (SSSR count). The summed E-state index contributed by atoms with van der Waals surface area (Å²) >= 11 is 9.30. The molecule has 0 bridgehead atoms. The van der Waals surface area contributed by atoms with Crippen LogP contribution < -0.4 is 5.32 Å². The number of rotatable bonds is 3. The summed E-state index contributed by atoms with van der Waals surface area (Å²) in [4.78, 5) is 23.4. The van der Waals surface area contributed by atoms with E-state index in [2.05, 4.69) is 21.2 Å². The molecule has 108 valence electrons. The Kier molecular flexibility index (Phi) is 4.65. The van der Waals surface area contributed by atoms with Crippen molar-refractivity contribution in [3.63, 3.8) is 0 Å². The zero-order valence-electron chi connectivity index (χ0n) is 11.0. The number of nitrogens with one attached hydrogen (secondary N) is 1. The van der Waals surface area contributed by atoms with Crippen LogP contribution in [-0.4, -0.2) is 17.0 Å². The highest BCUT2D eigenvalue weighted by molar-refractivity contribution is 9.10. The van der Waals surface area contributed by atoms with Gasteiger partial charge in [0.05, 0.1) is 16.3 Å². The van der Waals surface area contributed by atoms with E-state index >= 15 is 0 Å². The molecule has 2 aromatic rings. The lowest BCUT2D eigenvalue weighted by Crippen LogP contribution is -2.15. The minimum atomic E-state index is -1.15. The van der Waals surface area contributed by atoms with Crippen molar-refractivity contribution in [3.05, 3.63) is 62.6 Å². The highest BCUT2D eigenvalue weighted by atomic mass is 79.9. The van der Waals surface area contributed by atoms with Gasteiger partial charge in [-0.2, -0.15) is 0 Å².